The molecule has 6 heteroatoms. The minimum absolute atomic E-state index is 0.124. The summed E-state index contributed by atoms with van der Waals surface area (Å²) in [7, 11) is -1.91. The highest BCUT2D eigenvalue weighted by Gasteiger charge is 2.51. The van der Waals surface area contributed by atoms with E-state index in [1.54, 1.807) is 0 Å². The topological polar surface area (TPSA) is 34.1 Å². The van der Waals surface area contributed by atoms with E-state index >= 15 is 0 Å². The maximum absolute atomic E-state index is 6.78. The third-order valence-electron chi connectivity index (χ3n) is 9.59. The third-order valence-corrected chi connectivity index (χ3v) is 13.2. The van der Waals surface area contributed by atoms with Crippen molar-refractivity contribution < 1.29 is 9.47 Å². The van der Waals surface area contributed by atoms with Crippen LogP contribution in [0.4, 0.5) is 17.1 Å². The Kier molecular flexibility index (Phi) is 3.70. The number of para-hydroxylation sites is 2. The second-order valence-corrected chi connectivity index (χ2v) is 16.2. The molecule has 0 N–H and O–H groups in total. The number of fused-ring (bicyclic) bond motifs is 5. The van der Waals surface area contributed by atoms with Gasteiger partial charge in [0, 0.05) is 17.6 Å². The Labute approximate surface area is 233 Å². The molecule has 5 aromatic rings. The summed E-state index contributed by atoms with van der Waals surface area (Å²) in [6.07, 6.45) is 0. The van der Waals surface area contributed by atoms with Crippen LogP contribution in [-0.4, -0.2) is 20.6 Å². The van der Waals surface area contributed by atoms with Crippen molar-refractivity contribution in [3.63, 3.8) is 0 Å². The third kappa shape index (κ3) is 2.39. The summed E-state index contributed by atoms with van der Waals surface area (Å²) in [6.45, 7) is 5.03. The van der Waals surface area contributed by atoms with Crippen molar-refractivity contribution in [2.45, 2.75) is 19.0 Å². The number of hydrogen-bond acceptors (Lipinski definition) is 4. The average Bonchev–Trinajstić information content (AvgIpc) is 3.50. The van der Waals surface area contributed by atoms with Crippen molar-refractivity contribution in [3.8, 4) is 23.0 Å². The van der Waals surface area contributed by atoms with Crippen molar-refractivity contribution in [1.82, 2.24) is 0 Å². The number of nitrogens with zero attached hydrogens (tertiary/aromatic N) is 2. The molecular formula is C34H23BN2O2Si. The van der Waals surface area contributed by atoms with Gasteiger partial charge in [-0.1, -0.05) is 84.1 Å². The van der Waals surface area contributed by atoms with Gasteiger partial charge in [0.1, 0.15) is 36.9 Å². The summed E-state index contributed by atoms with van der Waals surface area (Å²) < 4.78 is 13.6. The Bertz CT molecular complexity index is 1950. The van der Waals surface area contributed by atoms with Crippen LogP contribution < -0.4 is 41.1 Å². The van der Waals surface area contributed by atoms with Crippen molar-refractivity contribution in [2.75, 3.05) is 4.90 Å². The highest BCUT2D eigenvalue weighted by molar-refractivity contribution is 7.15. The standard InChI is InChI=1S/C34H23BN2O2Si/c1-40(2)28-15-7-13-24-32(28)35-31-26(38-24)17-19(18-27(31)39-25-14-8-16-29(40)33(25)35)37-23-12-6-4-10-21(23)30-20-9-3-5-11-22(20)36-34(30)37/h3-18,30H,1-2H3. The van der Waals surface area contributed by atoms with Crippen molar-refractivity contribution in [1.29, 1.82) is 0 Å². The van der Waals surface area contributed by atoms with Crippen LogP contribution in [0.2, 0.25) is 13.1 Å². The van der Waals surface area contributed by atoms with Gasteiger partial charge in [0.15, 0.2) is 0 Å². The molecule has 5 aliphatic rings. The van der Waals surface area contributed by atoms with Crippen LogP contribution in [0.5, 0.6) is 23.0 Å². The summed E-state index contributed by atoms with van der Waals surface area (Å²) in [4.78, 5) is 7.46. The lowest BCUT2D eigenvalue weighted by atomic mass is 9.34. The van der Waals surface area contributed by atoms with Gasteiger partial charge in [0.25, 0.3) is 6.71 Å². The number of hydrogen-bond donors (Lipinski definition) is 0. The summed E-state index contributed by atoms with van der Waals surface area (Å²) in [5.41, 5.74) is 9.59. The number of aliphatic imine (C=N–C) groups is 1. The van der Waals surface area contributed by atoms with E-state index < -0.39 is 8.07 Å². The normalized spacial score (nSPS) is 18.6. The molecular weight excluding hydrogens is 507 g/mol. The fourth-order valence-corrected chi connectivity index (χ4v) is 11.1. The summed E-state index contributed by atoms with van der Waals surface area (Å²) in [6, 6.07) is 34.8. The quantitative estimate of drug-likeness (QED) is 0.284. The van der Waals surface area contributed by atoms with E-state index in [0.29, 0.717) is 0 Å². The number of benzene rings is 5. The molecule has 188 valence electrons. The minimum atomic E-state index is -1.91. The molecule has 0 spiro atoms. The molecule has 0 saturated heterocycles. The molecule has 5 aliphatic heterocycles. The molecule has 0 radical (unpaired) electrons. The van der Waals surface area contributed by atoms with Gasteiger partial charge in [0.2, 0.25) is 0 Å². The smallest absolute Gasteiger partial charge is 0.260 e. The maximum atomic E-state index is 6.78. The first-order valence-electron chi connectivity index (χ1n) is 14.0. The lowest BCUT2D eigenvalue weighted by molar-refractivity contribution is 0.465. The number of ether oxygens (including phenoxy) is 2. The molecule has 0 fully saturated rings. The molecule has 0 saturated carbocycles. The van der Waals surface area contributed by atoms with Crippen LogP contribution >= 0.6 is 0 Å². The van der Waals surface area contributed by atoms with E-state index in [1.165, 1.54) is 32.4 Å². The van der Waals surface area contributed by atoms with E-state index in [2.05, 4.69) is 115 Å². The first kappa shape index (κ1) is 21.3. The van der Waals surface area contributed by atoms with E-state index in [0.717, 1.165) is 51.4 Å². The van der Waals surface area contributed by atoms with Crippen molar-refractivity contribution in [2.24, 2.45) is 4.99 Å². The molecule has 5 aromatic carbocycles. The Morgan fingerprint density at radius 3 is 2.00 bits per heavy atom. The average molecular weight is 530 g/mol. The van der Waals surface area contributed by atoms with Gasteiger partial charge in [-0.25, -0.2) is 4.99 Å². The van der Waals surface area contributed by atoms with Gasteiger partial charge in [-0.15, -0.1) is 0 Å². The van der Waals surface area contributed by atoms with E-state index in [-0.39, 0.29) is 12.6 Å². The molecule has 1 atom stereocenters. The zero-order chi connectivity index (χ0) is 26.3. The van der Waals surface area contributed by atoms with E-state index in [4.69, 9.17) is 14.5 Å². The van der Waals surface area contributed by atoms with E-state index in [1.807, 2.05) is 0 Å². The number of rotatable bonds is 1. The Morgan fingerprint density at radius 2 is 1.30 bits per heavy atom. The lowest BCUT2D eigenvalue weighted by Gasteiger charge is -2.43. The Hall–Kier alpha value is -4.55. The predicted molar refractivity (Wildman–Crippen MR) is 165 cm³/mol. The molecule has 5 heterocycles. The number of anilines is 2. The molecule has 10 rings (SSSR count). The number of amidine groups is 1. The molecule has 0 aliphatic carbocycles. The van der Waals surface area contributed by atoms with Gasteiger partial charge in [0.05, 0.1) is 23.0 Å². The molecule has 4 nitrogen and oxygen atoms in total. The van der Waals surface area contributed by atoms with Crippen LogP contribution in [0.1, 0.15) is 17.0 Å². The lowest BCUT2D eigenvalue weighted by Crippen LogP contribution is -2.78. The molecule has 40 heavy (non-hydrogen) atoms. The largest absolute Gasteiger partial charge is 0.458 e. The van der Waals surface area contributed by atoms with Crippen LogP contribution in [0, 0.1) is 0 Å². The highest BCUT2D eigenvalue weighted by atomic mass is 28.3. The Balaban J connectivity index is 1.22. The second-order valence-electron chi connectivity index (χ2n) is 11.9. The maximum Gasteiger partial charge on any atom is 0.260 e. The Morgan fingerprint density at radius 1 is 0.675 bits per heavy atom. The summed E-state index contributed by atoms with van der Waals surface area (Å²) in [5, 5.41) is 2.94. The highest BCUT2D eigenvalue weighted by Crippen LogP contribution is 2.52. The van der Waals surface area contributed by atoms with Crippen LogP contribution in [0.25, 0.3) is 0 Å². The van der Waals surface area contributed by atoms with Crippen LogP contribution in [0.15, 0.2) is 102 Å². The fourth-order valence-electron chi connectivity index (χ4n) is 7.91. The molecule has 1 unspecified atom stereocenters. The van der Waals surface area contributed by atoms with Crippen molar-refractivity contribution >= 4 is 64.4 Å². The SMILES string of the molecule is C[Si]1(C)c2cccc3c2B2c4c(cc(N5C6=Nc7ccccc7C6c6ccccc65)cc4Oc4cccc1c42)O3. The van der Waals surface area contributed by atoms with Crippen molar-refractivity contribution in [3.05, 3.63) is 108 Å². The summed E-state index contributed by atoms with van der Waals surface area (Å²) >= 11 is 0. The van der Waals surface area contributed by atoms with Gasteiger partial charge in [-0.3, -0.25) is 4.90 Å². The van der Waals surface area contributed by atoms with E-state index in [9.17, 15) is 0 Å². The zero-order valence-corrected chi connectivity index (χ0v) is 23.1. The van der Waals surface area contributed by atoms with Gasteiger partial charge in [-0.2, -0.15) is 0 Å². The summed E-state index contributed by atoms with van der Waals surface area (Å²) in [5.74, 6) is 4.87. The second kappa shape index (κ2) is 6.96. The van der Waals surface area contributed by atoms with Gasteiger partial charge < -0.3 is 9.47 Å². The van der Waals surface area contributed by atoms with Crippen LogP contribution in [0.3, 0.4) is 0 Å². The predicted octanol–water partition coefficient (Wildman–Crippen LogP) is 4.88. The first-order valence-corrected chi connectivity index (χ1v) is 17.0. The van der Waals surface area contributed by atoms with Gasteiger partial charge in [-0.05, 0) is 46.3 Å². The van der Waals surface area contributed by atoms with Gasteiger partial charge >= 0.3 is 0 Å². The minimum Gasteiger partial charge on any atom is -0.458 e. The van der Waals surface area contributed by atoms with Crippen LogP contribution in [-0.2, 0) is 0 Å². The zero-order valence-electron chi connectivity index (χ0n) is 22.1. The first-order chi connectivity index (χ1) is 19.6. The molecule has 0 bridgehead atoms. The fraction of sp³-hybridized carbons (Fsp3) is 0.0882. The molecule has 0 amide bonds. The molecule has 0 aromatic heterocycles. The monoisotopic (exact) mass is 530 g/mol.